The van der Waals surface area contributed by atoms with Crippen LogP contribution in [0.1, 0.15) is 5.56 Å². The normalized spacial score (nSPS) is 10.2. The highest BCUT2D eigenvalue weighted by Crippen LogP contribution is 2.23. The molecule has 0 saturated carbocycles. The van der Waals surface area contributed by atoms with Gasteiger partial charge in [-0.05, 0) is 39.7 Å². The van der Waals surface area contributed by atoms with Gasteiger partial charge in [0.2, 0.25) is 0 Å². The monoisotopic (exact) mass is 296 g/mol. The summed E-state index contributed by atoms with van der Waals surface area (Å²) in [5.74, 6) is 0.566. The maximum Gasteiger partial charge on any atom is 0.166 e. The fraction of sp³-hybridized carbons (Fsp3) is 0.0833. The molecule has 2 rings (SSSR count). The summed E-state index contributed by atoms with van der Waals surface area (Å²) in [5, 5.41) is 0. The number of hydrogen-bond acceptors (Lipinski definition) is 3. The summed E-state index contributed by atoms with van der Waals surface area (Å²) < 4.78 is 19.0. The second-order valence-electron chi connectivity index (χ2n) is 3.45. The molecule has 0 aliphatic carbocycles. The Bertz CT molecular complexity index is 516. The Morgan fingerprint density at radius 3 is 2.71 bits per heavy atom. The van der Waals surface area contributed by atoms with Gasteiger partial charge in [0.15, 0.2) is 11.6 Å². The maximum atomic E-state index is 12.7. The number of nitrogens with two attached hydrogens (primary N) is 1. The van der Waals surface area contributed by atoms with E-state index >= 15 is 0 Å². The quantitative estimate of drug-likeness (QED) is 0.946. The summed E-state index contributed by atoms with van der Waals surface area (Å²) in [6, 6.07) is 7.85. The minimum absolute atomic E-state index is 0.266. The SMILES string of the molecule is Nc1ncc(Br)cc1OCc1ccc(F)cc1. The van der Waals surface area contributed by atoms with E-state index in [0.29, 0.717) is 18.2 Å². The van der Waals surface area contributed by atoms with Crippen molar-refractivity contribution in [3.05, 3.63) is 52.4 Å². The molecule has 0 spiro atoms. The van der Waals surface area contributed by atoms with Gasteiger partial charge in [-0.25, -0.2) is 9.37 Å². The zero-order chi connectivity index (χ0) is 12.3. The zero-order valence-electron chi connectivity index (χ0n) is 8.86. The van der Waals surface area contributed by atoms with Crippen LogP contribution in [0, 0.1) is 5.82 Å². The average Bonchev–Trinajstić information content (AvgIpc) is 2.32. The van der Waals surface area contributed by atoms with Crippen molar-refractivity contribution >= 4 is 21.7 Å². The molecule has 2 N–H and O–H groups in total. The summed E-state index contributed by atoms with van der Waals surface area (Å²) in [7, 11) is 0. The van der Waals surface area contributed by atoms with Crippen LogP contribution in [0.4, 0.5) is 10.2 Å². The van der Waals surface area contributed by atoms with Crippen LogP contribution < -0.4 is 10.5 Å². The lowest BCUT2D eigenvalue weighted by Gasteiger charge is -2.08. The molecule has 0 saturated heterocycles. The minimum atomic E-state index is -0.266. The van der Waals surface area contributed by atoms with Crippen LogP contribution in [0.5, 0.6) is 5.75 Å². The second-order valence-corrected chi connectivity index (χ2v) is 4.37. The summed E-state index contributed by atoms with van der Waals surface area (Å²) in [6.45, 7) is 0.322. The molecule has 1 heterocycles. The van der Waals surface area contributed by atoms with E-state index in [4.69, 9.17) is 10.5 Å². The van der Waals surface area contributed by atoms with Gasteiger partial charge in [-0.15, -0.1) is 0 Å². The summed E-state index contributed by atoms with van der Waals surface area (Å²) in [6.07, 6.45) is 1.60. The smallest absolute Gasteiger partial charge is 0.166 e. The molecule has 0 aliphatic rings. The second kappa shape index (κ2) is 5.14. The van der Waals surface area contributed by atoms with E-state index in [2.05, 4.69) is 20.9 Å². The first-order valence-corrected chi connectivity index (χ1v) is 5.73. The molecule has 0 radical (unpaired) electrons. The maximum absolute atomic E-state index is 12.7. The predicted octanol–water partition coefficient (Wildman–Crippen LogP) is 3.14. The van der Waals surface area contributed by atoms with Crippen molar-refractivity contribution in [1.82, 2.24) is 4.98 Å². The predicted molar refractivity (Wildman–Crippen MR) is 67.1 cm³/mol. The molecular formula is C12H10BrFN2O. The topological polar surface area (TPSA) is 48.1 Å². The number of nitrogen functional groups attached to an aromatic ring is 1. The van der Waals surface area contributed by atoms with Gasteiger partial charge in [-0.2, -0.15) is 0 Å². The standard InChI is InChI=1S/C12H10BrFN2O/c13-9-5-11(12(15)16-6-9)17-7-8-1-3-10(14)4-2-8/h1-6H,7H2,(H2,15,16). The Morgan fingerprint density at radius 1 is 1.29 bits per heavy atom. The fourth-order valence-electron chi connectivity index (χ4n) is 1.29. The Kier molecular flexibility index (Phi) is 3.58. The van der Waals surface area contributed by atoms with E-state index in [1.165, 1.54) is 12.1 Å². The Hall–Kier alpha value is -1.62. The average molecular weight is 297 g/mol. The molecule has 0 atom stereocenters. The first kappa shape index (κ1) is 11.9. The molecule has 88 valence electrons. The number of hydrogen-bond donors (Lipinski definition) is 1. The van der Waals surface area contributed by atoms with Gasteiger partial charge in [0.05, 0.1) is 0 Å². The number of halogens is 2. The molecule has 17 heavy (non-hydrogen) atoms. The number of pyridine rings is 1. The molecule has 5 heteroatoms. The van der Waals surface area contributed by atoms with Crippen LogP contribution in [0.15, 0.2) is 41.0 Å². The lowest BCUT2D eigenvalue weighted by molar-refractivity contribution is 0.306. The van der Waals surface area contributed by atoms with Crippen LogP contribution in [0.25, 0.3) is 0 Å². The van der Waals surface area contributed by atoms with Crippen LogP contribution >= 0.6 is 15.9 Å². The molecule has 1 aromatic heterocycles. The molecule has 2 aromatic rings. The highest BCUT2D eigenvalue weighted by atomic mass is 79.9. The van der Waals surface area contributed by atoms with Crippen molar-refractivity contribution in [3.8, 4) is 5.75 Å². The van der Waals surface area contributed by atoms with Gasteiger partial charge in [0.1, 0.15) is 12.4 Å². The van der Waals surface area contributed by atoms with Crippen LogP contribution in [-0.2, 0) is 6.61 Å². The van der Waals surface area contributed by atoms with Gasteiger partial charge in [0.25, 0.3) is 0 Å². The number of anilines is 1. The highest BCUT2D eigenvalue weighted by molar-refractivity contribution is 9.10. The molecule has 0 bridgehead atoms. The third-order valence-electron chi connectivity index (χ3n) is 2.16. The van der Waals surface area contributed by atoms with Crippen LogP contribution in [0.2, 0.25) is 0 Å². The Labute approximate surface area is 107 Å². The molecule has 0 fully saturated rings. The third kappa shape index (κ3) is 3.17. The van der Waals surface area contributed by atoms with Crippen molar-refractivity contribution in [2.24, 2.45) is 0 Å². The minimum Gasteiger partial charge on any atom is -0.485 e. The fourth-order valence-corrected chi connectivity index (χ4v) is 1.60. The molecule has 0 aliphatic heterocycles. The van der Waals surface area contributed by atoms with Gasteiger partial charge in [-0.1, -0.05) is 12.1 Å². The summed E-state index contributed by atoms with van der Waals surface area (Å²) in [5.41, 5.74) is 6.53. The number of nitrogens with zero attached hydrogens (tertiary/aromatic N) is 1. The Morgan fingerprint density at radius 2 is 2.00 bits per heavy atom. The lowest BCUT2D eigenvalue weighted by Crippen LogP contribution is -2.00. The van der Waals surface area contributed by atoms with E-state index in [9.17, 15) is 4.39 Å². The first-order valence-electron chi connectivity index (χ1n) is 4.93. The Balaban J connectivity index is 2.07. The highest BCUT2D eigenvalue weighted by Gasteiger charge is 2.03. The van der Waals surface area contributed by atoms with E-state index < -0.39 is 0 Å². The molecule has 3 nitrogen and oxygen atoms in total. The third-order valence-corrected chi connectivity index (χ3v) is 2.59. The first-order chi connectivity index (χ1) is 8.15. The van der Waals surface area contributed by atoms with E-state index in [-0.39, 0.29) is 5.82 Å². The number of ether oxygens (including phenoxy) is 1. The molecule has 0 unspecified atom stereocenters. The van der Waals surface area contributed by atoms with E-state index in [1.807, 2.05) is 0 Å². The summed E-state index contributed by atoms with van der Waals surface area (Å²) in [4.78, 5) is 3.95. The summed E-state index contributed by atoms with van der Waals surface area (Å²) >= 11 is 3.28. The van der Waals surface area contributed by atoms with Gasteiger partial charge in [0, 0.05) is 10.7 Å². The van der Waals surface area contributed by atoms with Crippen molar-refractivity contribution in [2.45, 2.75) is 6.61 Å². The van der Waals surface area contributed by atoms with Crippen molar-refractivity contribution in [1.29, 1.82) is 0 Å². The molecule has 1 aromatic carbocycles. The molecule has 0 amide bonds. The van der Waals surface area contributed by atoms with E-state index in [1.54, 1.807) is 24.4 Å². The lowest BCUT2D eigenvalue weighted by atomic mass is 10.2. The van der Waals surface area contributed by atoms with Gasteiger partial charge >= 0.3 is 0 Å². The van der Waals surface area contributed by atoms with Crippen molar-refractivity contribution in [2.75, 3.05) is 5.73 Å². The largest absolute Gasteiger partial charge is 0.485 e. The molecular weight excluding hydrogens is 287 g/mol. The number of rotatable bonds is 3. The van der Waals surface area contributed by atoms with Crippen molar-refractivity contribution in [3.63, 3.8) is 0 Å². The van der Waals surface area contributed by atoms with Crippen LogP contribution in [0.3, 0.4) is 0 Å². The van der Waals surface area contributed by atoms with Crippen LogP contribution in [-0.4, -0.2) is 4.98 Å². The van der Waals surface area contributed by atoms with Crippen molar-refractivity contribution < 1.29 is 9.13 Å². The van der Waals surface area contributed by atoms with Gasteiger partial charge < -0.3 is 10.5 Å². The number of benzene rings is 1. The van der Waals surface area contributed by atoms with E-state index in [0.717, 1.165) is 10.0 Å². The number of aromatic nitrogens is 1. The zero-order valence-corrected chi connectivity index (χ0v) is 10.4. The van der Waals surface area contributed by atoms with Gasteiger partial charge in [-0.3, -0.25) is 0 Å².